The summed E-state index contributed by atoms with van der Waals surface area (Å²) >= 11 is 13.0. The molecule has 0 aliphatic rings. The van der Waals surface area contributed by atoms with E-state index in [9.17, 15) is 4.39 Å². The fourth-order valence-corrected chi connectivity index (χ4v) is 2.30. The summed E-state index contributed by atoms with van der Waals surface area (Å²) in [5, 5.41) is 1.56. The molecule has 0 aliphatic heterocycles. The third-order valence-electron chi connectivity index (χ3n) is 1.80. The van der Waals surface area contributed by atoms with Gasteiger partial charge in [0.05, 0.1) is 10.0 Å². The van der Waals surface area contributed by atoms with Crippen LogP contribution in [-0.4, -0.2) is 4.98 Å². The molecule has 0 amide bonds. The molecule has 1 nitrogen and oxygen atoms in total. The van der Waals surface area contributed by atoms with Gasteiger partial charge < -0.3 is 0 Å². The van der Waals surface area contributed by atoms with Crippen molar-refractivity contribution < 1.29 is 4.39 Å². The van der Waals surface area contributed by atoms with Gasteiger partial charge in [-0.15, -0.1) is 0 Å². The first-order valence-electron chi connectivity index (χ1n) is 4.40. The summed E-state index contributed by atoms with van der Waals surface area (Å²) in [5.41, 5.74) is 0. The van der Waals surface area contributed by atoms with Crippen LogP contribution in [-0.2, 0) is 0 Å². The lowest BCUT2D eigenvalue weighted by Gasteiger charge is -2.02. The van der Waals surface area contributed by atoms with E-state index in [1.54, 1.807) is 24.3 Å². The zero-order valence-corrected chi connectivity index (χ0v) is 10.3. The number of aromatic nitrogens is 1. The first-order chi connectivity index (χ1) is 7.65. The minimum Gasteiger partial charge on any atom is -0.213 e. The smallest absolute Gasteiger partial charge is 0.213 e. The highest BCUT2D eigenvalue weighted by atomic mass is 35.5. The van der Waals surface area contributed by atoms with Crippen LogP contribution in [0.3, 0.4) is 0 Å². The quantitative estimate of drug-likeness (QED) is 0.737. The maximum atomic E-state index is 12.8. The Kier molecular flexibility index (Phi) is 3.69. The van der Waals surface area contributed by atoms with Crippen molar-refractivity contribution in [3.8, 4) is 0 Å². The highest BCUT2D eigenvalue weighted by Crippen LogP contribution is 2.31. The Balaban J connectivity index is 2.24. The van der Waals surface area contributed by atoms with Crippen molar-refractivity contribution in [1.29, 1.82) is 0 Å². The topological polar surface area (TPSA) is 12.9 Å². The standard InChI is InChI=1S/C11H6Cl2FNS/c12-8-5-4-7(6-9(8)13)16-11-3-1-2-10(14)15-11/h1-6H. The van der Waals surface area contributed by atoms with Gasteiger partial charge in [0.25, 0.3) is 0 Å². The fraction of sp³-hybridized carbons (Fsp3) is 0. The largest absolute Gasteiger partial charge is 0.213 e. The van der Waals surface area contributed by atoms with E-state index in [-0.39, 0.29) is 0 Å². The van der Waals surface area contributed by atoms with Gasteiger partial charge in [-0.1, -0.05) is 41.0 Å². The van der Waals surface area contributed by atoms with Crippen LogP contribution in [0.4, 0.5) is 4.39 Å². The van der Waals surface area contributed by atoms with E-state index in [1.165, 1.54) is 17.8 Å². The van der Waals surface area contributed by atoms with Crippen LogP contribution in [0.1, 0.15) is 0 Å². The van der Waals surface area contributed by atoms with Gasteiger partial charge in [-0.3, -0.25) is 0 Å². The lowest BCUT2D eigenvalue weighted by atomic mass is 10.4. The molecule has 1 heterocycles. The summed E-state index contributed by atoms with van der Waals surface area (Å²) < 4.78 is 12.8. The van der Waals surface area contributed by atoms with E-state index in [0.29, 0.717) is 15.1 Å². The van der Waals surface area contributed by atoms with Gasteiger partial charge in [-0.25, -0.2) is 4.98 Å². The molecular weight excluding hydrogens is 268 g/mol. The molecule has 0 fully saturated rings. The summed E-state index contributed by atoms with van der Waals surface area (Å²) in [6, 6.07) is 9.88. The molecule has 5 heteroatoms. The average Bonchev–Trinajstić information content (AvgIpc) is 2.24. The number of rotatable bonds is 2. The second kappa shape index (κ2) is 5.04. The molecule has 16 heavy (non-hydrogen) atoms. The van der Waals surface area contributed by atoms with Crippen LogP contribution in [0.15, 0.2) is 46.3 Å². The first kappa shape index (κ1) is 11.7. The lowest BCUT2D eigenvalue weighted by Crippen LogP contribution is -1.84. The number of pyridine rings is 1. The Morgan fingerprint density at radius 2 is 1.88 bits per heavy atom. The summed E-state index contributed by atoms with van der Waals surface area (Å²) in [6.45, 7) is 0. The molecule has 0 unspecified atom stereocenters. The van der Waals surface area contributed by atoms with Gasteiger partial charge in [0.2, 0.25) is 5.95 Å². The van der Waals surface area contributed by atoms with Gasteiger partial charge in [0, 0.05) is 4.90 Å². The second-order valence-corrected chi connectivity index (χ2v) is 4.88. The average molecular weight is 274 g/mol. The minimum absolute atomic E-state index is 0.475. The van der Waals surface area contributed by atoms with E-state index in [2.05, 4.69) is 4.98 Å². The summed E-state index contributed by atoms with van der Waals surface area (Å²) in [5.74, 6) is -0.495. The summed E-state index contributed by atoms with van der Waals surface area (Å²) in [4.78, 5) is 4.61. The summed E-state index contributed by atoms with van der Waals surface area (Å²) in [6.07, 6.45) is 0. The maximum absolute atomic E-state index is 12.8. The molecule has 82 valence electrons. The molecule has 1 aromatic carbocycles. The maximum Gasteiger partial charge on any atom is 0.213 e. The third-order valence-corrected chi connectivity index (χ3v) is 3.47. The predicted molar refractivity (Wildman–Crippen MR) is 64.8 cm³/mol. The molecule has 0 N–H and O–H groups in total. The first-order valence-corrected chi connectivity index (χ1v) is 5.98. The van der Waals surface area contributed by atoms with Gasteiger partial charge in [-0.2, -0.15) is 4.39 Å². The minimum atomic E-state index is -0.495. The fourth-order valence-electron chi connectivity index (χ4n) is 1.11. The zero-order valence-electron chi connectivity index (χ0n) is 7.95. The number of nitrogens with zero attached hydrogens (tertiary/aromatic N) is 1. The van der Waals surface area contributed by atoms with Crippen molar-refractivity contribution >= 4 is 35.0 Å². The Bertz CT molecular complexity index is 519. The molecule has 2 rings (SSSR count). The molecule has 0 saturated carbocycles. The Morgan fingerprint density at radius 1 is 1.06 bits per heavy atom. The molecule has 0 saturated heterocycles. The van der Waals surface area contributed by atoms with Crippen LogP contribution in [0.2, 0.25) is 10.0 Å². The van der Waals surface area contributed by atoms with E-state index in [0.717, 1.165) is 4.90 Å². The Labute approximate surface area is 107 Å². The van der Waals surface area contributed by atoms with Crippen LogP contribution < -0.4 is 0 Å². The van der Waals surface area contributed by atoms with Crippen LogP contribution in [0.25, 0.3) is 0 Å². The molecule has 0 atom stereocenters. The molecule has 0 spiro atoms. The van der Waals surface area contributed by atoms with Crippen molar-refractivity contribution in [3.05, 3.63) is 52.4 Å². The number of benzene rings is 1. The molecule has 2 aromatic rings. The second-order valence-electron chi connectivity index (χ2n) is 2.98. The van der Waals surface area contributed by atoms with E-state index in [4.69, 9.17) is 23.2 Å². The highest BCUT2D eigenvalue weighted by molar-refractivity contribution is 7.99. The predicted octanol–water partition coefficient (Wildman–Crippen LogP) is 4.68. The van der Waals surface area contributed by atoms with Gasteiger partial charge >= 0.3 is 0 Å². The van der Waals surface area contributed by atoms with Gasteiger partial charge in [0.1, 0.15) is 5.03 Å². The van der Waals surface area contributed by atoms with Gasteiger partial charge in [0.15, 0.2) is 0 Å². The zero-order chi connectivity index (χ0) is 11.5. The molecule has 0 bridgehead atoms. The Hall–Kier alpha value is -0.770. The number of hydrogen-bond donors (Lipinski definition) is 0. The normalized spacial score (nSPS) is 10.4. The van der Waals surface area contributed by atoms with E-state index in [1.807, 2.05) is 6.07 Å². The van der Waals surface area contributed by atoms with Crippen LogP contribution in [0, 0.1) is 5.95 Å². The third kappa shape index (κ3) is 2.88. The Morgan fingerprint density at radius 3 is 2.56 bits per heavy atom. The van der Waals surface area contributed by atoms with Gasteiger partial charge in [-0.05, 0) is 30.3 Å². The van der Waals surface area contributed by atoms with Crippen molar-refractivity contribution in [2.24, 2.45) is 0 Å². The number of hydrogen-bond acceptors (Lipinski definition) is 2. The van der Waals surface area contributed by atoms with Crippen LogP contribution >= 0.6 is 35.0 Å². The van der Waals surface area contributed by atoms with E-state index >= 15 is 0 Å². The molecular formula is C11H6Cl2FNS. The van der Waals surface area contributed by atoms with Crippen molar-refractivity contribution in [2.45, 2.75) is 9.92 Å². The molecule has 0 aliphatic carbocycles. The van der Waals surface area contributed by atoms with Crippen molar-refractivity contribution in [2.75, 3.05) is 0 Å². The SMILES string of the molecule is Fc1cccc(Sc2ccc(Cl)c(Cl)c2)n1. The lowest BCUT2D eigenvalue weighted by molar-refractivity contribution is 0.572. The molecule has 0 radical (unpaired) electrons. The monoisotopic (exact) mass is 273 g/mol. The summed E-state index contributed by atoms with van der Waals surface area (Å²) in [7, 11) is 0. The van der Waals surface area contributed by atoms with Crippen molar-refractivity contribution in [3.63, 3.8) is 0 Å². The van der Waals surface area contributed by atoms with E-state index < -0.39 is 5.95 Å². The molecule has 1 aromatic heterocycles. The van der Waals surface area contributed by atoms with Crippen LogP contribution in [0.5, 0.6) is 0 Å². The number of halogens is 3. The highest BCUT2D eigenvalue weighted by Gasteiger charge is 2.03. The van der Waals surface area contributed by atoms with Crippen molar-refractivity contribution in [1.82, 2.24) is 4.98 Å².